The van der Waals surface area contributed by atoms with Crippen molar-refractivity contribution in [3.63, 3.8) is 0 Å². The maximum Gasteiger partial charge on any atom is 0.0547 e. The van der Waals surface area contributed by atoms with E-state index in [2.05, 4.69) is 148 Å². The summed E-state index contributed by atoms with van der Waals surface area (Å²) in [5, 5.41) is 8.67. The lowest BCUT2D eigenvalue weighted by atomic mass is 9.92. The van der Waals surface area contributed by atoms with Crippen LogP contribution in [0.1, 0.15) is 0 Å². The predicted octanol–water partition coefficient (Wildman–Crippen LogP) is 10.1. The second-order valence-electron chi connectivity index (χ2n) is 10.9. The first-order chi connectivity index (χ1) is 20.8. The van der Waals surface area contributed by atoms with E-state index in [9.17, 15) is 0 Å². The molecule has 0 saturated heterocycles. The highest BCUT2D eigenvalue weighted by molar-refractivity contribution is 6.22. The first-order valence-corrected chi connectivity index (χ1v) is 14.3. The van der Waals surface area contributed by atoms with Gasteiger partial charge < -0.3 is 9.13 Å². The second kappa shape index (κ2) is 8.92. The molecule has 0 aliphatic carbocycles. The molecule has 0 amide bonds. The Labute approximate surface area is 242 Å². The van der Waals surface area contributed by atoms with E-state index in [4.69, 9.17) is 0 Å². The number of para-hydroxylation sites is 3. The Bertz CT molecular complexity index is 2430. The highest BCUT2D eigenvalue weighted by Gasteiger charge is 2.17. The molecule has 0 bridgehead atoms. The summed E-state index contributed by atoms with van der Waals surface area (Å²) in [6.45, 7) is 0. The molecule has 42 heavy (non-hydrogen) atoms. The summed E-state index contributed by atoms with van der Waals surface area (Å²) in [7, 11) is 0. The Balaban J connectivity index is 1.46. The maximum atomic E-state index is 4.48. The van der Waals surface area contributed by atoms with Crippen molar-refractivity contribution in [3.05, 3.63) is 152 Å². The van der Waals surface area contributed by atoms with E-state index in [-0.39, 0.29) is 0 Å². The van der Waals surface area contributed by atoms with Gasteiger partial charge in [0.2, 0.25) is 0 Å². The zero-order valence-corrected chi connectivity index (χ0v) is 22.8. The first kappa shape index (κ1) is 23.1. The minimum atomic E-state index is 1.12. The topological polar surface area (TPSA) is 22.8 Å². The van der Waals surface area contributed by atoms with Gasteiger partial charge in [-0.1, -0.05) is 60.7 Å². The van der Waals surface area contributed by atoms with E-state index < -0.39 is 0 Å². The van der Waals surface area contributed by atoms with Crippen LogP contribution in [0, 0.1) is 0 Å². The molecule has 0 atom stereocenters. The van der Waals surface area contributed by atoms with Gasteiger partial charge in [0.05, 0.1) is 16.6 Å². The number of aromatic nitrogens is 3. The van der Waals surface area contributed by atoms with Crippen molar-refractivity contribution >= 4 is 54.3 Å². The molecule has 9 rings (SSSR count). The molecule has 3 aromatic heterocycles. The lowest BCUT2D eigenvalue weighted by Crippen LogP contribution is -1.94. The van der Waals surface area contributed by atoms with Crippen molar-refractivity contribution < 1.29 is 0 Å². The van der Waals surface area contributed by atoms with Gasteiger partial charge in [-0.05, 0) is 99.9 Å². The van der Waals surface area contributed by atoms with E-state index in [1.807, 2.05) is 18.5 Å². The average Bonchev–Trinajstić information content (AvgIpc) is 3.62. The SMILES string of the molecule is c1ccc(-n2ccc3cc4cc(-c5cccnc5)c5cc6c7ccccc7n(-c7ccccc7)c6cc5c4cc32)cc1. The fraction of sp³-hybridized carbons (Fsp3) is 0. The van der Waals surface area contributed by atoms with Crippen LogP contribution >= 0.6 is 0 Å². The van der Waals surface area contributed by atoms with Crippen molar-refractivity contribution in [3.8, 4) is 22.5 Å². The molecule has 0 radical (unpaired) electrons. The second-order valence-corrected chi connectivity index (χ2v) is 10.9. The Morgan fingerprint density at radius 3 is 2.02 bits per heavy atom. The molecule has 0 unspecified atom stereocenters. The molecule has 0 aliphatic rings. The fourth-order valence-corrected chi connectivity index (χ4v) is 6.68. The third kappa shape index (κ3) is 3.37. The van der Waals surface area contributed by atoms with Crippen LogP contribution < -0.4 is 0 Å². The molecule has 0 aliphatic heterocycles. The van der Waals surface area contributed by atoms with Crippen LogP contribution in [0.4, 0.5) is 0 Å². The van der Waals surface area contributed by atoms with Gasteiger partial charge in [-0.15, -0.1) is 0 Å². The number of nitrogens with zero attached hydrogens (tertiary/aromatic N) is 3. The third-order valence-corrected chi connectivity index (χ3v) is 8.57. The molecule has 0 spiro atoms. The number of fused-ring (bicyclic) bond motifs is 7. The molecule has 6 aromatic carbocycles. The zero-order valence-electron chi connectivity index (χ0n) is 22.8. The minimum absolute atomic E-state index is 1.12. The number of benzene rings is 6. The Morgan fingerprint density at radius 2 is 1.21 bits per heavy atom. The molecule has 196 valence electrons. The summed E-state index contributed by atoms with van der Waals surface area (Å²) < 4.78 is 4.69. The number of pyridine rings is 1. The summed E-state index contributed by atoms with van der Waals surface area (Å²) >= 11 is 0. The molecule has 0 fully saturated rings. The maximum absolute atomic E-state index is 4.48. The van der Waals surface area contributed by atoms with Gasteiger partial charge in [0, 0.05) is 51.7 Å². The van der Waals surface area contributed by atoms with Gasteiger partial charge in [-0.3, -0.25) is 4.98 Å². The van der Waals surface area contributed by atoms with Gasteiger partial charge in [0.1, 0.15) is 0 Å². The van der Waals surface area contributed by atoms with Crippen molar-refractivity contribution in [2.24, 2.45) is 0 Å². The molecule has 0 N–H and O–H groups in total. The highest BCUT2D eigenvalue weighted by Crippen LogP contribution is 2.42. The third-order valence-electron chi connectivity index (χ3n) is 8.57. The van der Waals surface area contributed by atoms with Crippen molar-refractivity contribution in [2.75, 3.05) is 0 Å². The van der Waals surface area contributed by atoms with Crippen LogP contribution in [0.5, 0.6) is 0 Å². The van der Waals surface area contributed by atoms with E-state index >= 15 is 0 Å². The molecule has 3 nitrogen and oxygen atoms in total. The zero-order chi connectivity index (χ0) is 27.6. The van der Waals surface area contributed by atoms with Crippen LogP contribution in [0.3, 0.4) is 0 Å². The fourth-order valence-electron chi connectivity index (χ4n) is 6.68. The standard InChI is InChI=1S/C39H25N3/c1-3-11-29(12-4-1)41-19-17-26-20-28-21-32(27-10-9-18-40-25-27)34-22-36-31-15-7-8-16-37(31)42(30-13-5-2-6-14-30)39(36)24-35(34)33(28)23-38(26)41/h1-25H. The van der Waals surface area contributed by atoms with Crippen molar-refractivity contribution in [1.82, 2.24) is 14.1 Å². The lowest BCUT2D eigenvalue weighted by Gasteiger charge is -2.14. The number of rotatable bonds is 3. The van der Waals surface area contributed by atoms with Gasteiger partial charge in [-0.25, -0.2) is 0 Å². The molecule has 9 aromatic rings. The smallest absolute Gasteiger partial charge is 0.0547 e. The molecule has 0 saturated carbocycles. The van der Waals surface area contributed by atoms with Gasteiger partial charge in [-0.2, -0.15) is 0 Å². The average molecular weight is 536 g/mol. The van der Waals surface area contributed by atoms with Gasteiger partial charge >= 0.3 is 0 Å². The van der Waals surface area contributed by atoms with Crippen molar-refractivity contribution in [1.29, 1.82) is 0 Å². The largest absolute Gasteiger partial charge is 0.317 e. The molecule has 3 heteroatoms. The van der Waals surface area contributed by atoms with Crippen LogP contribution in [-0.2, 0) is 0 Å². The van der Waals surface area contributed by atoms with Crippen molar-refractivity contribution in [2.45, 2.75) is 0 Å². The van der Waals surface area contributed by atoms with Gasteiger partial charge in [0.15, 0.2) is 0 Å². The summed E-state index contributed by atoms with van der Waals surface area (Å²) in [4.78, 5) is 4.48. The molecular weight excluding hydrogens is 510 g/mol. The van der Waals surface area contributed by atoms with Crippen LogP contribution in [0.15, 0.2) is 152 Å². The highest BCUT2D eigenvalue weighted by atomic mass is 15.0. The lowest BCUT2D eigenvalue weighted by molar-refractivity contribution is 1.13. The van der Waals surface area contributed by atoms with Crippen LogP contribution in [-0.4, -0.2) is 14.1 Å². The van der Waals surface area contributed by atoms with Gasteiger partial charge in [0.25, 0.3) is 0 Å². The normalized spacial score (nSPS) is 11.8. The van der Waals surface area contributed by atoms with E-state index in [0.717, 1.165) is 16.9 Å². The van der Waals surface area contributed by atoms with E-state index in [0.29, 0.717) is 0 Å². The Hall–Kier alpha value is -5.67. The Kier molecular flexibility index (Phi) is 4.90. The quantitative estimate of drug-likeness (QED) is 0.206. The number of hydrogen-bond donors (Lipinski definition) is 0. The van der Waals surface area contributed by atoms with Crippen LogP contribution in [0.2, 0.25) is 0 Å². The molecular formula is C39H25N3. The summed E-state index contributed by atoms with van der Waals surface area (Å²) in [6, 6.07) is 48.2. The summed E-state index contributed by atoms with van der Waals surface area (Å²) in [6.07, 6.45) is 5.99. The summed E-state index contributed by atoms with van der Waals surface area (Å²) in [5.74, 6) is 0. The minimum Gasteiger partial charge on any atom is -0.317 e. The predicted molar refractivity (Wildman–Crippen MR) is 176 cm³/mol. The summed E-state index contributed by atoms with van der Waals surface area (Å²) in [5.41, 5.74) is 8.27. The van der Waals surface area contributed by atoms with E-state index in [1.54, 1.807) is 0 Å². The van der Waals surface area contributed by atoms with E-state index in [1.165, 1.54) is 59.8 Å². The van der Waals surface area contributed by atoms with Crippen LogP contribution in [0.25, 0.3) is 76.8 Å². The monoisotopic (exact) mass is 535 g/mol. The molecule has 3 heterocycles. The Morgan fingerprint density at radius 1 is 0.452 bits per heavy atom. The number of hydrogen-bond acceptors (Lipinski definition) is 1. The first-order valence-electron chi connectivity index (χ1n) is 14.3.